The van der Waals surface area contributed by atoms with Gasteiger partial charge in [0.15, 0.2) is 0 Å². The van der Waals surface area contributed by atoms with E-state index < -0.39 is 0 Å². The van der Waals surface area contributed by atoms with Gasteiger partial charge in [-0.15, -0.1) is 0 Å². The fraction of sp³-hybridized carbons (Fsp3) is 0.700. The van der Waals surface area contributed by atoms with Crippen LogP contribution in [0, 0.1) is 29.1 Å². The van der Waals surface area contributed by atoms with Crippen molar-refractivity contribution in [1.82, 2.24) is 0 Å². The van der Waals surface area contributed by atoms with Gasteiger partial charge >= 0.3 is 0 Å². The molecule has 0 aromatic rings. The predicted octanol–water partition coefficient (Wildman–Crippen LogP) is 2.50. The normalized spacial score (nSPS) is 44.7. The Morgan fingerprint density at radius 1 is 1.55 bits per heavy atom. The molecule has 2 saturated carbocycles. The van der Waals surface area contributed by atoms with Crippen LogP contribution in [-0.4, -0.2) is 0 Å². The van der Waals surface area contributed by atoms with Crippen LogP contribution in [0.25, 0.3) is 0 Å². The van der Waals surface area contributed by atoms with E-state index in [0.29, 0.717) is 11.8 Å². The average molecular weight is 147 g/mol. The van der Waals surface area contributed by atoms with E-state index in [-0.39, 0.29) is 0 Å². The van der Waals surface area contributed by atoms with Crippen molar-refractivity contribution in [2.45, 2.75) is 26.2 Å². The van der Waals surface area contributed by atoms with Crippen LogP contribution in [0.5, 0.6) is 0 Å². The fourth-order valence-electron chi connectivity index (χ4n) is 2.63. The standard InChI is InChI=1S/C10H13N/c1-2-7-3-9-4-8(7)5-10(9)6-11/h2,8-10H,3-5H2,1H3. The first-order valence-electron chi connectivity index (χ1n) is 4.40. The number of nitrogens with zero attached hydrogens (tertiary/aromatic N) is 1. The second kappa shape index (κ2) is 2.37. The van der Waals surface area contributed by atoms with Crippen molar-refractivity contribution in [1.29, 1.82) is 5.26 Å². The maximum absolute atomic E-state index is 8.78. The Kier molecular flexibility index (Phi) is 1.49. The molecule has 2 aliphatic rings. The lowest BCUT2D eigenvalue weighted by Gasteiger charge is -2.16. The third-order valence-electron chi connectivity index (χ3n) is 3.25. The Hall–Kier alpha value is -0.770. The zero-order valence-corrected chi connectivity index (χ0v) is 6.88. The smallest absolute Gasteiger partial charge is 0.0659 e. The van der Waals surface area contributed by atoms with E-state index in [2.05, 4.69) is 19.1 Å². The molecule has 11 heavy (non-hydrogen) atoms. The summed E-state index contributed by atoms with van der Waals surface area (Å²) in [5, 5.41) is 8.78. The largest absolute Gasteiger partial charge is 0.198 e. The molecule has 2 bridgehead atoms. The maximum Gasteiger partial charge on any atom is 0.0659 e. The van der Waals surface area contributed by atoms with Crippen LogP contribution < -0.4 is 0 Å². The molecular formula is C10H13N. The molecule has 1 heteroatoms. The van der Waals surface area contributed by atoms with Crippen LogP contribution in [0.15, 0.2) is 11.6 Å². The van der Waals surface area contributed by atoms with Gasteiger partial charge in [-0.2, -0.15) is 5.26 Å². The summed E-state index contributed by atoms with van der Waals surface area (Å²) in [7, 11) is 0. The van der Waals surface area contributed by atoms with Crippen molar-refractivity contribution in [3.8, 4) is 6.07 Å². The molecule has 58 valence electrons. The minimum atomic E-state index is 0.378. The van der Waals surface area contributed by atoms with Gasteiger partial charge < -0.3 is 0 Å². The first-order valence-corrected chi connectivity index (χ1v) is 4.40. The SMILES string of the molecule is CC=C1CC2CC1CC2C#N. The van der Waals surface area contributed by atoms with Gasteiger partial charge in [0.2, 0.25) is 0 Å². The third-order valence-corrected chi connectivity index (χ3v) is 3.25. The van der Waals surface area contributed by atoms with E-state index in [1.165, 1.54) is 12.8 Å². The third kappa shape index (κ3) is 0.894. The van der Waals surface area contributed by atoms with Crippen LogP contribution in [-0.2, 0) is 0 Å². The molecule has 0 aromatic heterocycles. The summed E-state index contributed by atoms with van der Waals surface area (Å²) in [5.74, 6) is 1.86. The van der Waals surface area contributed by atoms with E-state index in [1.54, 1.807) is 5.57 Å². The van der Waals surface area contributed by atoms with Gasteiger partial charge in [0.05, 0.1) is 12.0 Å². The molecule has 2 fully saturated rings. The molecule has 1 nitrogen and oxygen atoms in total. The summed E-state index contributed by atoms with van der Waals surface area (Å²) >= 11 is 0. The van der Waals surface area contributed by atoms with Crippen LogP contribution >= 0.6 is 0 Å². The lowest BCUT2D eigenvalue weighted by Crippen LogP contribution is -2.09. The predicted molar refractivity (Wildman–Crippen MR) is 43.7 cm³/mol. The van der Waals surface area contributed by atoms with Crippen molar-refractivity contribution >= 4 is 0 Å². The summed E-state index contributed by atoms with van der Waals surface area (Å²) in [5.41, 5.74) is 1.61. The molecule has 3 atom stereocenters. The molecule has 2 aliphatic carbocycles. The van der Waals surface area contributed by atoms with Crippen LogP contribution in [0.1, 0.15) is 26.2 Å². The quantitative estimate of drug-likeness (QED) is 0.483. The number of rotatable bonds is 0. The molecule has 0 radical (unpaired) electrons. The lowest BCUT2D eigenvalue weighted by molar-refractivity contribution is 0.457. The average Bonchev–Trinajstić information content (AvgIpc) is 2.60. The number of fused-ring (bicyclic) bond motifs is 2. The molecule has 0 aliphatic heterocycles. The Morgan fingerprint density at radius 3 is 2.82 bits per heavy atom. The Balaban J connectivity index is 2.16. The Morgan fingerprint density at radius 2 is 2.36 bits per heavy atom. The highest BCUT2D eigenvalue weighted by molar-refractivity contribution is 5.20. The highest BCUT2D eigenvalue weighted by Crippen LogP contribution is 2.50. The number of hydrogen-bond donors (Lipinski definition) is 0. The number of hydrogen-bond acceptors (Lipinski definition) is 1. The first-order chi connectivity index (χ1) is 5.35. The van der Waals surface area contributed by atoms with E-state index in [1.807, 2.05) is 0 Å². The molecule has 0 aromatic carbocycles. The lowest BCUT2D eigenvalue weighted by atomic mass is 9.87. The molecule has 0 heterocycles. The number of nitriles is 1. The molecular weight excluding hydrogens is 134 g/mol. The van der Waals surface area contributed by atoms with Crippen LogP contribution in [0.3, 0.4) is 0 Å². The Bertz CT molecular complexity index is 234. The molecule has 0 saturated heterocycles. The topological polar surface area (TPSA) is 23.8 Å². The van der Waals surface area contributed by atoms with Crippen molar-refractivity contribution < 1.29 is 0 Å². The van der Waals surface area contributed by atoms with Gasteiger partial charge in [0.25, 0.3) is 0 Å². The van der Waals surface area contributed by atoms with E-state index >= 15 is 0 Å². The highest BCUT2D eigenvalue weighted by atomic mass is 14.5. The van der Waals surface area contributed by atoms with Gasteiger partial charge in [-0.3, -0.25) is 0 Å². The van der Waals surface area contributed by atoms with E-state index in [9.17, 15) is 0 Å². The molecule has 0 N–H and O–H groups in total. The summed E-state index contributed by atoms with van der Waals surface area (Å²) in [6.45, 7) is 2.12. The Labute approximate surface area is 67.7 Å². The zero-order chi connectivity index (χ0) is 7.84. The zero-order valence-electron chi connectivity index (χ0n) is 6.88. The highest BCUT2D eigenvalue weighted by Gasteiger charge is 2.42. The maximum atomic E-state index is 8.78. The van der Waals surface area contributed by atoms with Crippen LogP contribution in [0.4, 0.5) is 0 Å². The van der Waals surface area contributed by atoms with Gasteiger partial charge in [-0.25, -0.2) is 0 Å². The minimum absolute atomic E-state index is 0.378. The molecule has 0 amide bonds. The summed E-state index contributed by atoms with van der Waals surface area (Å²) in [4.78, 5) is 0. The summed E-state index contributed by atoms with van der Waals surface area (Å²) in [6, 6.07) is 2.41. The molecule has 2 rings (SSSR count). The van der Waals surface area contributed by atoms with Gasteiger partial charge in [-0.1, -0.05) is 11.6 Å². The number of allylic oxidation sites excluding steroid dienone is 2. The van der Waals surface area contributed by atoms with Crippen molar-refractivity contribution in [2.24, 2.45) is 17.8 Å². The molecule has 3 unspecified atom stereocenters. The minimum Gasteiger partial charge on any atom is -0.198 e. The second-order valence-corrected chi connectivity index (χ2v) is 3.73. The summed E-state index contributed by atoms with van der Waals surface area (Å²) in [6.07, 6.45) is 5.89. The van der Waals surface area contributed by atoms with Gasteiger partial charge in [-0.05, 0) is 38.0 Å². The van der Waals surface area contributed by atoms with Crippen molar-refractivity contribution in [3.63, 3.8) is 0 Å². The fourth-order valence-corrected chi connectivity index (χ4v) is 2.63. The van der Waals surface area contributed by atoms with Crippen molar-refractivity contribution in [2.75, 3.05) is 0 Å². The van der Waals surface area contributed by atoms with Crippen LogP contribution in [0.2, 0.25) is 0 Å². The van der Waals surface area contributed by atoms with E-state index in [0.717, 1.165) is 12.3 Å². The van der Waals surface area contributed by atoms with Gasteiger partial charge in [0.1, 0.15) is 0 Å². The van der Waals surface area contributed by atoms with E-state index in [4.69, 9.17) is 5.26 Å². The summed E-state index contributed by atoms with van der Waals surface area (Å²) < 4.78 is 0. The monoisotopic (exact) mass is 147 g/mol. The van der Waals surface area contributed by atoms with Gasteiger partial charge in [0, 0.05) is 0 Å². The molecule has 0 spiro atoms. The first kappa shape index (κ1) is 6.91. The second-order valence-electron chi connectivity index (χ2n) is 3.73. The van der Waals surface area contributed by atoms with Crippen molar-refractivity contribution in [3.05, 3.63) is 11.6 Å².